The Kier molecular flexibility index (Phi) is 2.68. The molecule has 0 saturated carbocycles. The fraction of sp³-hybridized carbons (Fsp3) is 0.143. The Balaban J connectivity index is 3.05. The first-order chi connectivity index (χ1) is 5.11. The highest BCUT2D eigenvalue weighted by molar-refractivity contribution is 6.42. The molecule has 0 radical (unpaired) electrons. The Morgan fingerprint density at radius 3 is 2.18 bits per heavy atom. The zero-order valence-electron chi connectivity index (χ0n) is 5.32. The minimum atomic E-state index is -2.50. The van der Waals surface area contributed by atoms with E-state index in [9.17, 15) is 8.78 Å². The predicted octanol–water partition coefficient (Wildman–Crippen LogP) is 3.93. The van der Waals surface area contributed by atoms with Crippen LogP contribution in [-0.2, 0) is 0 Å². The molecule has 1 rings (SSSR count). The molecule has 0 bridgehead atoms. The number of alkyl halides is 2. The molecule has 0 aliphatic carbocycles. The van der Waals surface area contributed by atoms with Gasteiger partial charge in [0.1, 0.15) is 0 Å². The Hall–Kier alpha value is -0.340. The maximum atomic E-state index is 12.0. The van der Waals surface area contributed by atoms with E-state index in [0.717, 1.165) is 6.07 Å². The number of hydrogen-bond donors (Lipinski definition) is 0. The van der Waals surface area contributed by atoms with E-state index in [0.29, 0.717) is 0 Å². The molecule has 60 valence electrons. The van der Waals surface area contributed by atoms with Crippen molar-refractivity contribution >= 4 is 23.2 Å². The standard InChI is InChI=1S/C7H4Cl2F2/c8-5-2-1-4(7(10)11)3-6(5)9/h1-3,7H. The van der Waals surface area contributed by atoms with Crippen molar-refractivity contribution in [2.45, 2.75) is 6.43 Å². The monoisotopic (exact) mass is 196 g/mol. The first-order valence-electron chi connectivity index (χ1n) is 2.84. The molecule has 0 nitrogen and oxygen atoms in total. The Labute approximate surface area is 72.7 Å². The largest absolute Gasteiger partial charge is 0.263 e. The molecule has 4 heteroatoms. The highest BCUT2D eigenvalue weighted by Crippen LogP contribution is 2.27. The van der Waals surface area contributed by atoms with Crippen LogP contribution in [0.25, 0.3) is 0 Å². The van der Waals surface area contributed by atoms with Crippen molar-refractivity contribution in [3.05, 3.63) is 33.8 Å². The minimum absolute atomic E-state index is 0.112. The molecular formula is C7H4Cl2F2. The van der Waals surface area contributed by atoms with Gasteiger partial charge in [-0.25, -0.2) is 8.78 Å². The number of benzene rings is 1. The maximum Gasteiger partial charge on any atom is 0.263 e. The van der Waals surface area contributed by atoms with E-state index in [2.05, 4.69) is 0 Å². The van der Waals surface area contributed by atoms with Crippen LogP contribution in [0.3, 0.4) is 0 Å². The summed E-state index contributed by atoms with van der Waals surface area (Å²) >= 11 is 11.0. The smallest absolute Gasteiger partial charge is 0.205 e. The van der Waals surface area contributed by atoms with E-state index in [1.165, 1.54) is 12.1 Å². The molecule has 11 heavy (non-hydrogen) atoms. The summed E-state index contributed by atoms with van der Waals surface area (Å²) in [7, 11) is 0. The van der Waals surface area contributed by atoms with Crippen LogP contribution in [0.1, 0.15) is 12.0 Å². The molecular weight excluding hydrogens is 193 g/mol. The summed E-state index contributed by atoms with van der Waals surface area (Å²) in [6, 6.07) is 3.76. The third kappa shape index (κ3) is 2.04. The van der Waals surface area contributed by atoms with Crippen molar-refractivity contribution in [3.63, 3.8) is 0 Å². The molecule has 0 fully saturated rings. The second-order valence-electron chi connectivity index (χ2n) is 1.97. The highest BCUT2D eigenvalue weighted by atomic mass is 35.5. The zero-order chi connectivity index (χ0) is 8.43. The fourth-order valence-electron chi connectivity index (χ4n) is 0.648. The van der Waals surface area contributed by atoms with Crippen LogP contribution in [0.2, 0.25) is 10.0 Å². The predicted molar refractivity (Wildman–Crippen MR) is 41.4 cm³/mol. The van der Waals surface area contributed by atoms with Crippen LogP contribution in [-0.4, -0.2) is 0 Å². The third-order valence-corrected chi connectivity index (χ3v) is 1.93. The van der Waals surface area contributed by atoms with Crippen LogP contribution < -0.4 is 0 Å². The van der Waals surface area contributed by atoms with E-state index in [-0.39, 0.29) is 15.6 Å². The third-order valence-electron chi connectivity index (χ3n) is 1.20. The summed E-state index contributed by atoms with van der Waals surface area (Å²) in [5.74, 6) is 0. The van der Waals surface area contributed by atoms with E-state index >= 15 is 0 Å². The van der Waals surface area contributed by atoms with E-state index in [1.54, 1.807) is 0 Å². The van der Waals surface area contributed by atoms with Gasteiger partial charge in [-0.15, -0.1) is 0 Å². The molecule has 1 aromatic carbocycles. The van der Waals surface area contributed by atoms with E-state index in [1.807, 2.05) is 0 Å². The summed E-state index contributed by atoms with van der Waals surface area (Å²) in [5.41, 5.74) is -0.112. The van der Waals surface area contributed by atoms with Crippen LogP contribution in [0, 0.1) is 0 Å². The molecule has 1 aromatic rings. The average molecular weight is 197 g/mol. The van der Waals surface area contributed by atoms with Gasteiger partial charge in [-0.1, -0.05) is 29.3 Å². The van der Waals surface area contributed by atoms with E-state index < -0.39 is 6.43 Å². The van der Waals surface area contributed by atoms with Crippen LogP contribution in [0.4, 0.5) is 8.78 Å². The molecule has 0 heterocycles. The zero-order valence-corrected chi connectivity index (χ0v) is 6.83. The van der Waals surface area contributed by atoms with Gasteiger partial charge < -0.3 is 0 Å². The lowest BCUT2D eigenvalue weighted by atomic mass is 10.2. The van der Waals surface area contributed by atoms with Gasteiger partial charge in [0.15, 0.2) is 0 Å². The van der Waals surface area contributed by atoms with Crippen molar-refractivity contribution in [3.8, 4) is 0 Å². The SMILES string of the molecule is FC(F)c1ccc(Cl)c(Cl)c1. The maximum absolute atomic E-state index is 12.0. The molecule has 0 N–H and O–H groups in total. The lowest BCUT2D eigenvalue weighted by Gasteiger charge is -2.00. The van der Waals surface area contributed by atoms with E-state index in [4.69, 9.17) is 23.2 Å². The minimum Gasteiger partial charge on any atom is -0.205 e. The quantitative estimate of drug-likeness (QED) is 0.639. The molecule has 0 saturated heterocycles. The van der Waals surface area contributed by atoms with Gasteiger partial charge >= 0.3 is 0 Å². The fourth-order valence-corrected chi connectivity index (χ4v) is 0.955. The van der Waals surface area contributed by atoms with Crippen molar-refractivity contribution in [1.82, 2.24) is 0 Å². The summed E-state index contributed by atoms with van der Waals surface area (Å²) in [6.45, 7) is 0. The first-order valence-corrected chi connectivity index (χ1v) is 3.60. The number of hydrogen-bond acceptors (Lipinski definition) is 0. The Morgan fingerprint density at radius 1 is 1.09 bits per heavy atom. The Bertz CT molecular complexity index is 261. The van der Waals surface area contributed by atoms with Crippen molar-refractivity contribution in [2.24, 2.45) is 0 Å². The van der Waals surface area contributed by atoms with Crippen molar-refractivity contribution in [2.75, 3.05) is 0 Å². The lowest BCUT2D eigenvalue weighted by molar-refractivity contribution is 0.151. The van der Waals surface area contributed by atoms with Crippen LogP contribution in [0.15, 0.2) is 18.2 Å². The number of halogens is 4. The molecule has 0 unspecified atom stereocenters. The molecule has 0 spiro atoms. The van der Waals surface area contributed by atoms with Crippen LogP contribution >= 0.6 is 23.2 Å². The normalized spacial score (nSPS) is 10.6. The summed E-state index contributed by atoms with van der Waals surface area (Å²) < 4.78 is 24.0. The van der Waals surface area contributed by atoms with Gasteiger partial charge in [-0.2, -0.15) is 0 Å². The summed E-state index contributed by atoms with van der Waals surface area (Å²) in [5, 5.41) is 0.445. The second-order valence-corrected chi connectivity index (χ2v) is 2.79. The molecule has 0 atom stereocenters. The lowest BCUT2D eigenvalue weighted by Crippen LogP contribution is -1.82. The molecule has 0 aliphatic rings. The first kappa shape index (κ1) is 8.75. The Morgan fingerprint density at radius 2 is 1.73 bits per heavy atom. The van der Waals surface area contributed by atoms with Gasteiger partial charge in [0.25, 0.3) is 6.43 Å². The number of rotatable bonds is 1. The molecule has 0 aromatic heterocycles. The highest BCUT2D eigenvalue weighted by Gasteiger charge is 2.07. The van der Waals surface area contributed by atoms with Crippen LogP contribution in [0.5, 0.6) is 0 Å². The topological polar surface area (TPSA) is 0 Å². The van der Waals surface area contributed by atoms with Crippen molar-refractivity contribution < 1.29 is 8.78 Å². The van der Waals surface area contributed by atoms with Gasteiger partial charge in [0.05, 0.1) is 10.0 Å². The van der Waals surface area contributed by atoms with Gasteiger partial charge in [0.2, 0.25) is 0 Å². The second kappa shape index (κ2) is 3.37. The molecule has 0 amide bonds. The average Bonchev–Trinajstić information content (AvgIpc) is 1.94. The van der Waals surface area contributed by atoms with Gasteiger partial charge in [-0.3, -0.25) is 0 Å². The summed E-state index contributed by atoms with van der Waals surface area (Å²) in [4.78, 5) is 0. The van der Waals surface area contributed by atoms with Crippen molar-refractivity contribution in [1.29, 1.82) is 0 Å². The molecule has 0 aliphatic heterocycles. The van der Waals surface area contributed by atoms with Gasteiger partial charge in [-0.05, 0) is 12.1 Å². The van der Waals surface area contributed by atoms with Gasteiger partial charge in [0, 0.05) is 5.56 Å². The summed E-state index contributed by atoms with van der Waals surface area (Å²) in [6.07, 6.45) is -2.50.